The minimum atomic E-state index is -3.31. The van der Waals surface area contributed by atoms with Crippen LogP contribution in [0.3, 0.4) is 0 Å². The van der Waals surface area contributed by atoms with Crippen molar-refractivity contribution in [2.45, 2.75) is 19.1 Å². The van der Waals surface area contributed by atoms with E-state index in [-0.39, 0.29) is 5.78 Å². The van der Waals surface area contributed by atoms with Crippen LogP contribution in [-0.4, -0.2) is 23.8 Å². The zero-order valence-electron chi connectivity index (χ0n) is 5.91. The molecule has 2 atom stereocenters. The van der Waals surface area contributed by atoms with E-state index in [0.717, 1.165) is 0 Å². The van der Waals surface area contributed by atoms with Crippen LogP contribution in [0.15, 0.2) is 0 Å². The van der Waals surface area contributed by atoms with Gasteiger partial charge in [-0.15, -0.1) is 0 Å². The Balaban J connectivity index is 2.60. The first-order valence-corrected chi connectivity index (χ1v) is 5.02. The van der Waals surface area contributed by atoms with Crippen LogP contribution in [0.5, 0.6) is 0 Å². The molecule has 0 amide bonds. The van der Waals surface area contributed by atoms with E-state index in [4.69, 9.17) is 9.42 Å². The third-order valence-electron chi connectivity index (χ3n) is 1.54. The van der Waals surface area contributed by atoms with Crippen molar-refractivity contribution < 1.29 is 14.0 Å². The molecule has 0 spiro atoms. The zero-order valence-corrected chi connectivity index (χ0v) is 6.80. The van der Waals surface area contributed by atoms with Crippen molar-refractivity contribution in [3.63, 3.8) is 0 Å². The Kier molecular flexibility index (Phi) is 2.47. The van der Waals surface area contributed by atoms with E-state index in [2.05, 4.69) is 5.32 Å². The number of rotatable bonds is 1. The van der Waals surface area contributed by atoms with Gasteiger partial charge >= 0.3 is 7.60 Å². The van der Waals surface area contributed by atoms with Crippen molar-refractivity contribution >= 4 is 7.60 Å². The van der Waals surface area contributed by atoms with Crippen molar-refractivity contribution in [1.29, 1.82) is 0 Å². The van der Waals surface area contributed by atoms with Gasteiger partial charge in [-0.1, -0.05) is 6.92 Å². The molecule has 5 heteroatoms. The molecule has 0 bridgehead atoms. The lowest BCUT2D eigenvalue weighted by Gasteiger charge is -2.27. The van der Waals surface area contributed by atoms with Crippen LogP contribution in [0.25, 0.3) is 0 Å². The van der Waals surface area contributed by atoms with Gasteiger partial charge in [-0.25, -0.2) is 0 Å². The largest absolute Gasteiger partial charge is 0.344 e. The maximum Gasteiger partial charge on any atom is 0.344 e. The van der Waals surface area contributed by atoms with Crippen LogP contribution in [0.1, 0.15) is 13.3 Å². The summed E-state index contributed by atoms with van der Waals surface area (Å²) in [5.41, 5.74) is 0. The molecule has 0 aromatic rings. The average Bonchev–Trinajstić information content (AvgIpc) is 1.87. The highest BCUT2D eigenvalue weighted by Gasteiger charge is 2.33. The van der Waals surface area contributed by atoms with E-state index in [1.54, 1.807) is 0 Å². The molecule has 10 heavy (non-hydrogen) atoms. The fourth-order valence-electron chi connectivity index (χ4n) is 0.982. The van der Waals surface area contributed by atoms with Crippen molar-refractivity contribution in [3.8, 4) is 0 Å². The Labute approximate surface area is 60.1 Å². The highest BCUT2D eigenvalue weighted by molar-refractivity contribution is 7.53. The fourth-order valence-corrected chi connectivity index (χ4v) is 2.34. The summed E-state index contributed by atoms with van der Waals surface area (Å²) in [7, 11) is -3.31. The molecule has 0 saturated carbocycles. The molecule has 1 aliphatic rings. The maximum absolute atomic E-state index is 11.1. The first-order valence-electron chi connectivity index (χ1n) is 3.37. The third kappa shape index (κ3) is 1.58. The highest BCUT2D eigenvalue weighted by atomic mass is 31.2. The van der Waals surface area contributed by atoms with E-state index in [1.807, 2.05) is 6.92 Å². The van der Waals surface area contributed by atoms with Gasteiger partial charge in [-0.2, -0.15) is 0 Å². The Hall–Kier alpha value is 0.110. The predicted octanol–water partition coefficient (Wildman–Crippen LogP) is 0.528. The SMILES string of the molecule is CCC1NCCOP1(=O)O. The van der Waals surface area contributed by atoms with Gasteiger partial charge in [0.2, 0.25) is 0 Å². The molecule has 0 aliphatic carbocycles. The second-order valence-electron chi connectivity index (χ2n) is 2.28. The van der Waals surface area contributed by atoms with Crippen molar-refractivity contribution in [2.75, 3.05) is 13.2 Å². The molecular formula is C5H12NO3P. The van der Waals surface area contributed by atoms with Gasteiger partial charge in [0.1, 0.15) is 5.78 Å². The van der Waals surface area contributed by atoms with Crippen LogP contribution in [-0.2, 0) is 9.09 Å². The Morgan fingerprint density at radius 2 is 2.60 bits per heavy atom. The highest BCUT2D eigenvalue weighted by Crippen LogP contribution is 2.48. The van der Waals surface area contributed by atoms with E-state index in [9.17, 15) is 4.57 Å². The zero-order chi connectivity index (χ0) is 7.61. The molecule has 1 fully saturated rings. The molecule has 0 aromatic heterocycles. The van der Waals surface area contributed by atoms with E-state index in [0.29, 0.717) is 19.6 Å². The summed E-state index contributed by atoms with van der Waals surface area (Å²) >= 11 is 0. The summed E-state index contributed by atoms with van der Waals surface area (Å²) in [5.74, 6) is -0.360. The quantitative estimate of drug-likeness (QED) is 0.556. The number of nitrogens with one attached hydrogen (secondary N) is 1. The van der Waals surface area contributed by atoms with Crippen LogP contribution in [0.4, 0.5) is 0 Å². The molecular weight excluding hydrogens is 153 g/mol. The van der Waals surface area contributed by atoms with Gasteiger partial charge in [-0.05, 0) is 6.42 Å². The standard InChI is InChI=1S/C5H12NO3P/c1-2-5-6-3-4-9-10(5,7)8/h5-6H,2-4H2,1H3,(H,7,8). The molecule has 1 saturated heterocycles. The number of hydrogen-bond acceptors (Lipinski definition) is 3. The molecule has 60 valence electrons. The topological polar surface area (TPSA) is 58.6 Å². The lowest BCUT2D eigenvalue weighted by molar-refractivity contribution is 0.216. The minimum absolute atomic E-state index is 0.338. The smallest absolute Gasteiger partial charge is 0.323 e. The summed E-state index contributed by atoms with van der Waals surface area (Å²) in [6.07, 6.45) is 0.633. The number of hydrogen-bond donors (Lipinski definition) is 2. The van der Waals surface area contributed by atoms with Gasteiger partial charge in [0.15, 0.2) is 0 Å². The molecule has 1 heterocycles. The molecule has 1 rings (SSSR count). The fraction of sp³-hybridized carbons (Fsp3) is 1.00. The van der Waals surface area contributed by atoms with Crippen LogP contribution >= 0.6 is 7.60 Å². The van der Waals surface area contributed by atoms with Gasteiger partial charge < -0.3 is 14.7 Å². The summed E-state index contributed by atoms with van der Waals surface area (Å²) in [4.78, 5) is 9.11. The molecule has 4 nitrogen and oxygen atoms in total. The summed E-state index contributed by atoms with van der Waals surface area (Å²) in [5, 5.41) is 2.92. The minimum Gasteiger partial charge on any atom is -0.323 e. The molecule has 0 aromatic carbocycles. The predicted molar refractivity (Wildman–Crippen MR) is 37.9 cm³/mol. The Bertz CT molecular complexity index is 161. The van der Waals surface area contributed by atoms with Gasteiger partial charge in [0.25, 0.3) is 0 Å². The second kappa shape index (κ2) is 3.01. The van der Waals surface area contributed by atoms with Crippen molar-refractivity contribution in [1.82, 2.24) is 5.32 Å². The van der Waals surface area contributed by atoms with E-state index < -0.39 is 7.60 Å². The third-order valence-corrected chi connectivity index (χ3v) is 3.43. The average molecular weight is 165 g/mol. The van der Waals surface area contributed by atoms with E-state index >= 15 is 0 Å². The van der Waals surface area contributed by atoms with Crippen molar-refractivity contribution in [2.24, 2.45) is 0 Å². The van der Waals surface area contributed by atoms with Crippen molar-refractivity contribution in [3.05, 3.63) is 0 Å². The lowest BCUT2D eigenvalue weighted by Crippen LogP contribution is -2.36. The van der Waals surface area contributed by atoms with Gasteiger partial charge in [0, 0.05) is 6.54 Å². The Morgan fingerprint density at radius 3 is 3.00 bits per heavy atom. The lowest BCUT2D eigenvalue weighted by atomic mass is 10.4. The molecule has 1 aliphatic heterocycles. The van der Waals surface area contributed by atoms with Crippen LogP contribution in [0, 0.1) is 0 Å². The Morgan fingerprint density at radius 1 is 1.90 bits per heavy atom. The summed E-state index contributed by atoms with van der Waals surface area (Å²) < 4.78 is 15.8. The normalized spacial score (nSPS) is 41.6. The summed E-state index contributed by atoms with van der Waals surface area (Å²) in [6.45, 7) is 2.86. The second-order valence-corrected chi connectivity index (χ2v) is 4.29. The monoisotopic (exact) mass is 165 g/mol. The molecule has 0 radical (unpaired) electrons. The van der Waals surface area contributed by atoms with Crippen LogP contribution in [0.2, 0.25) is 0 Å². The first kappa shape index (κ1) is 8.21. The summed E-state index contributed by atoms with van der Waals surface area (Å²) in [6, 6.07) is 0. The van der Waals surface area contributed by atoms with Crippen LogP contribution < -0.4 is 5.32 Å². The van der Waals surface area contributed by atoms with Gasteiger partial charge in [0.05, 0.1) is 6.61 Å². The molecule has 2 unspecified atom stereocenters. The molecule has 2 N–H and O–H groups in total. The van der Waals surface area contributed by atoms with E-state index in [1.165, 1.54) is 0 Å². The first-order chi connectivity index (χ1) is 4.67. The maximum atomic E-state index is 11.1. The van der Waals surface area contributed by atoms with Gasteiger partial charge in [-0.3, -0.25) is 4.57 Å².